The Labute approximate surface area is 63.4 Å². The summed E-state index contributed by atoms with van der Waals surface area (Å²) in [7, 11) is 2.30. The van der Waals surface area contributed by atoms with Crippen molar-refractivity contribution in [3.8, 4) is 0 Å². The van der Waals surface area contributed by atoms with Crippen LogP contribution in [0.3, 0.4) is 0 Å². The van der Waals surface area contributed by atoms with Gasteiger partial charge in [0, 0.05) is 12.1 Å². The lowest BCUT2D eigenvalue weighted by Crippen LogP contribution is -2.36. The van der Waals surface area contributed by atoms with E-state index in [-0.39, 0.29) is 0 Å². The molecular formula is C9H17N. The second-order valence-electron chi connectivity index (χ2n) is 3.87. The monoisotopic (exact) mass is 139 g/mol. The molecule has 10 heavy (non-hydrogen) atoms. The molecule has 1 saturated heterocycles. The van der Waals surface area contributed by atoms with Gasteiger partial charge in [-0.1, -0.05) is 6.92 Å². The molecule has 2 aliphatic rings. The van der Waals surface area contributed by atoms with E-state index in [9.17, 15) is 0 Å². The van der Waals surface area contributed by atoms with E-state index >= 15 is 0 Å². The van der Waals surface area contributed by atoms with Gasteiger partial charge >= 0.3 is 0 Å². The van der Waals surface area contributed by atoms with Gasteiger partial charge in [0.15, 0.2) is 0 Å². The lowest BCUT2D eigenvalue weighted by molar-refractivity contribution is 0.171. The summed E-state index contributed by atoms with van der Waals surface area (Å²) in [6.07, 6.45) is 5.83. The molecule has 58 valence electrons. The van der Waals surface area contributed by atoms with Crippen molar-refractivity contribution < 1.29 is 0 Å². The first-order valence-electron chi connectivity index (χ1n) is 4.55. The first-order chi connectivity index (χ1) is 4.83. The zero-order valence-corrected chi connectivity index (χ0v) is 7.01. The van der Waals surface area contributed by atoms with Gasteiger partial charge in [-0.15, -0.1) is 0 Å². The van der Waals surface area contributed by atoms with Crippen LogP contribution in [0, 0.1) is 5.92 Å². The van der Waals surface area contributed by atoms with Gasteiger partial charge < -0.3 is 4.90 Å². The van der Waals surface area contributed by atoms with Crippen molar-refractivity contribution >= 4 is 0 Å². The predicted molar refractivity (Wildman–Crippen MR) is 43.0 cm³/mol. The fourth-order valence-electron chi connectivity index (χ4n) is 2.94. The maximum Gasteiger partial charge on any atom is 0.0121 e. The number of likely N-dealkylation sites (tertiary alicyclic amines) is 1. The predicted octanol–water partition coefficient (Wildman–Crippen LogP) is 1.88. The van der Waals surface area contributed by atoms with Crippen LogP contribution in [0.2, 0.25) is 0 Å². The van der Waals surface area contributed by atoms with Gasteiger partial charge in [-0.05, 0) is 38.6 Å². The average Bonchev–Trinajstić information content (AvgIpc) is 2.46. The molecule has 1 nitrogen and oxygen atoms in total. The van der Waals surface area contributed by atoms with Crippen LogP contribution in [0.4, 0.5) is 0 Å². The van der Waals surface area contributed by atoms with Crippen LogP contribution in [0.5, 0.6) is 0 Å². The molecule has 1 heterocycles. The van der Waals surface area contributed by atoms with Crippen LogP contribution < -0.4 is 0 Å². The molecule has 0 radical (unpaired) electrons. The largest absolute Gasteiger partial charge is 0.300 e. The van der Waals surface area contributed by atoms with Crippen molar-refractivity contribution in [1.29, 1.82) is 0 Å². The fraction of sp³-hybridized carbons (Fsp3) is 1.00. The number of fused-ring (bicyclic) bond motifs is 2. The number of piperidine rings is 1. The summed E-state index contributed by atoms with van der Waals surface area (Å²) in [5, 5.41) is 0. The van der Waals surface area contributed by atoms with Crippen LogP contribution in [0.1, 0.15) is 32.6 Å². The van der Waals surface area contributed by atoms with E-state index in [2.05, 4.69) is 18.9 Å². The van der Waals surface area contributed by atoms with Gasteiger partial charge in [0.2, 0.25) is 0 Å². The summed E-state index contributed by atoms with van der Waals surface area (Å²) in [4.78, 5) is 2.61. The van der Waals surface area contributed by atoms with Gasteiger partial charge in [0.1, 0.15) is 0 Å². The molecule has 2 rings (SSSR count). The Hall–Kier alpha value is -0.0400. The fourth-order valence-corrected chi connectivity index (χ4v) is 2.94. The Morgan fingerprint density at radius 3 is 2.60 bits per heavy atom. The minimum absolute atomic E-state index is 0.929. The molecule has 0 spiro atoms. The SMILES string of the molecule is CC[C@@H]1C2CCC(C2)N1C. The molecular weight excluding hydrogens is 122 g/mol. The number of nitrogens with zero attached hydrogens (tertiary/aromatic N) is 1. The van der Waals surface area contributed by atoms with Crippen molar-refractivity contribution in [2.24, 2.45) is 5.92 Å². The highest BCUT2D eigenvalue weighted by Crippen LogP contribution is 2.42. The van der Waals surface area contributed by atoms with Gasteiger partial charge in [0.05, 0.1) is 0 Å². The lowest BCUT2D eigenvalue weighted by Gasteiger charge is -2.30. The minimum Gasteiger partial charge on any atom is -0.300 e. The Morgan fingerprint density at radius 1 is 1.40 bits per heavy atom. The Balaban J connectivity index is 2.10. The molecule has 0 aromatic rings. The third-order valence-electron chi connectivity index (χ3n) is 3.51. The quantitative estimate of drug-likeness (QED) is 0.536. The van der Waals surface area contributed by atoms with E-state index in [0.717, 1.165) is 18.0 Å². The van der Waals surface area contributed by atoms with Crippen LogP contribution in [-0.4, -0.2) is 24.0 Å². The zero-order chi connectivity index (χ0) is 7.14. The lowest BCUT2D eigenvalue weighted by atomic mass is 9.97. The molecule has 0 N–H and O–H groups in total. The highest BCUT2D eigenvalue weighted by molar-refractivity contribution is 4.97. The summed E-state index contributed by atoms with van der Waals surface area (Å²) >= 11 is 0. The van der Waals surface area contributed by atoms with E-state index in [1.165, 1.54) is 25.7 Å². The Kier molecular flexibility index (Phi) is 1.48. The van der Waals surface area contributed by atoms with Crippen molar-refractivity contribution in [1.82, 2.24) is 4.90 Å². The van der Waals surface area contributed by atoms with Gasteiger partial charge in [-0.25, -0.2) is 0 Å². The highest BCUT2D eigenvalue weighted by atomic mass is 15.2. The first kappa shape index (κ1) is 6.66. The van der Waals surface area contributed by atoms with Crippen LogP contribution in [0.15, 0.2) is 0 Å². The Morgan fingerprint density at radius 2 is 2.20 bits per heavy atom. The normalized spacial score (nSPS) is 46.8. The van der Waals surface area contributed by atoms with E-state index in [1.807, 2.05) is 0 Å². The maximum atomic E-state index is 2.61. The zero-order valence-electron chi connectivity index (χ0n) is 7.01. The summed E-state index contributed by atoms with van der Waals surface area (Å²) in [6, 6.07) is 1.88. The van der Waals surface area contributed by atoms with Gasteiger partial charge in [-0.2, -0.15) is 0 Å². The molecule has 2 unspecified atom stereocenters. The number of hydrogen-bond acceptors (Lipinski definition) is 1. The molecule has 1 aliphatic heterocycles. The molecule has 0 aromatic carbocycles. The van der Waals surface area contributed by atoms with Crippen molar-refractivity contribution in [2.75, 3.05) is 7.05 Å². The maximum absolute atomic E-state index is 2.61. The standard InChI is InChI=1S/C9H17N/c1-3-9-7-4-5-8(6-7)10(9)2/h7-9H,3-6H2,1-2H3/t7?,8?,9-/m1/s1. The molecule has 2 fully saturated rings. The molecule has 0 aromatic heterocycles. The smallest absolute Gasteiger partial charge is 0.0121 e. The second-order valence-corrected chi connectivity index (χ2v) is 3.87. The van der Waals surface area contributed by atoms with Gasteiger partial charge in [-0.3, -0.25) is 0 Å². The third kappa shape index (κ3) is 0.731. The average molecular weight is 139 g/mol. The summed E-state index contributed by atoms with van der Waals surface area (Å²) in [5.41, 5.74) is 0. The van der Waals surface area contributed by atoms with Crippen LogP contribution in [0.25, 0.3) is 0 Å². The molecule has 1 heteroatoms. The second kappa shape index (κ2) is 2.23. The van der Waals surface area contributed by atoms with Crippen molar-refractivity contribution in [3.63, 3.8) is 0 Å². The van der Waals surface area contributed by atoms with Gasteiger partial charge in [0.25, 0.3) is 0 Å². The van der Waals surface area contributed by atoms with E-state index in [1.54, 1.807) is 0 Å². The summed E-state index contributed by atoms with van der Waals surface area (Å²) in [5.74, 6) is 1.06. The van der Waals surface area contributed by atoms with E-state index < -0.39 is 0 Å². The van der Waals surface area contributed by atoms with Crippen LogP contribution in [-0.2, 0) is 0 Å². The number of hydrogen-bond donors (Lipinski definition) is 0. The first-order valence-corrected chi connectivity index (χ1v) is 4.55. The third-order valence-corrected chi connectivity index (χ3v) is 3.51. The van der Waals surface area contributed by atoms with E-state index in [4.69, 9.17) is 0 Å². The number of rotatable bonds is 1. The van der Waals surface area contributed by atoms with Crippen LogP contribution >= 0.6 is 0 Å². The minimum atomic E-state index is 0.929. The highest BCUT2D eigenvalue weighted by Gasteiger charge is 2.42. The molecule has 0 amide bonds. The Bertz CT molecular complexity index is 131. The van der Waals surface area contributed by atoms with Crippen molar-refractivity contribution in [3.05, 3.63) is 0 Å². The van der Waals surface area contributed by atoms with Crippen molar-refractivity contribution in [2.45, 2.75) is 44.7 Å². The molecule has 1 aliphatic carbocycles. The van der Waals surface area contributed by atoms with E-state index in [0.29, 0.717) is 0 Å². The molecule has 1 saturated carbocycles. The molecule has 3 atom stereocenters. The summed E-state index contributed by atoms with van der Waals surface area (Å²) in [6.45, 7) is 2.32. The topological polar surface area (TPSA) is 3.24 Å². The summed E-state index contributed by atoms with van der Waals surface area (Å²) < 4.78 is 0. The molecule has 2 bridgehead atoms.